The second-order valence-electron chi connectivity index (χ2n) is 8.27. The second-order valence-corrected chi connectivity index (χ2v) is 9.11. The molecule has 1 atom stereocenters. The summed E-state index contributed by atoms with van der Waals surface area (Å²) >= 11 is 12.4. The number of halogens is 2. The monoisotopic (exact) mass is 496 g/mol. The normalized spacial score (nSPS) is 11.6. The van der Waals surface area contributed by atoms with Gasteiger partial charge in [0.1, 0.15) is 6.04 Å². The summed E-state index contributed by atoms with van der Waals surface area (Å²) in [5, 5.41) is 4.19. The van der Waals surface area contributed by atoms with Gasteiger partial charge in [0, 0.05) is 29.6 Å². The molecule has 34 heavy (non-hydrogen) atoms. The fourth-order valence-electron chi connectivity index (χ4n) is 3.75. The van der Waals surface area contributed by atoms with Crippen LogP contribution in [0.25, 0.3) is 0 Å². The summed E-state index contributed by atoms with van der Waals surface area (Å²) in [6.45, 7) is 2.95. The molecule has 0 aliphatic rings. The molecular formula is C28H30Cl2N2O2. The van der Waals surface area contributed by atoms with Gasteiger partial charge in [-0.1, -0.05) is 97.2 Å². The zero-order valence-corrected chi connectivity index (χ0v) is 20.9. The summed E-state index contributed by atoms with van der Waals surface area (Å²) in [5.41, 5.74) is 2.63. The summed E-state index contributed by atoms with van der Waals surface area (Å²) in [5.74, 6) is -0.312. The fraction of sp³-hybridized carbons (Fsp3) is 0.286. The van der Waals surface area contributed by atoms with Gasteiger partial charge in [-0.2, -0.15) is 0 Å². The third kappa shape index (κ3) is 7.61. The Balaban J connectivity index is 1.94. The molecule has 2 amide bonds. The van der Waals surface area contributed by atoms with Crippen LogP contribution in [-0.2, 0) is 29.0 Å². The lowest BCUT2D eigenvalue weighted by molar-refractivity contribution is -0.140. The first-order valence-corrected chi connectivity index (χ1v) is 12.3. The number of nitrogens with zero attached hydrogens (tertiary/aromatic N) is 1. The first-order valence-electron chi connectivity index (χ1n) is 11.6. The maximum absolute atomic E-state index is 13.7. The van der Waals surface area contributed by atoms with E-state index in [1.54, 1.807) is 23.1 Å². The van der Waals surface area contributed by atoms with Gasteiger partial charge in [-0.05, 0) is 41.3 Å². The molecule has 0 radical (unpaired) electrons. The minimum Gasteiger partial charge on any atom is -0.354 e. The summed E-state index contributed by atoms with van der Waals surface area (Å²) in [4.78, 5) is 28.7. The zero-order chi connectivity index (χ0) is 24.3. The standard InChI is InChI=1S/C28H30Cl2N2O2/c1-2-3-17-31-28(34)26(18-21-9-5-4-6-10-21)32(20-22-13-15-24(29)16-14-22)27(33)19-23-11-7-8-12-25(23)30/h4-16,26H,2-3,17-20H2,1H3,(H,31,34)/t26-/m0/s1. The molecule has 1 N–H and O–H groups in total. The van der Waals surface area contributed by atoms with Gasteiger partial charge in [0.2, 0.25) is 11.8 Å². The largest absolute Gasteiger partial charge is 0.354 e. The van der Waals surface area contributed by atoms with Crippen molar-refractivity contribution in [2.45, 2.75) is 45.2 Å². The minimum atomic E-state index is -0.662. The Kier molecular flexibility index (Phi) is 9.99. The molecule has 4 nitrogen and oxygen atoms in total. The predicted octanol–water partition coefficient (Wildman–Crippen LogP) is 6.09. The molecular weight excluding hydrogens is 467 g/mol. The Morgan fingerprint density at radius 3 is 2.24 bits per heavy atom. The molecule has 0 bridgehead atoms. The number of nitrogens with one attached hydrogen (secondary N) is 1. The number of benzene rings is 3. The third-order valence-electron chi connectivity index (χ3n) is 5.67. The van der Waals surface area contributed by atoms with Crippen LogP contribution >= 0.6 is 23.2 Å². The predicted molar refractivity (Wildman–Crippen MR) is 139 cm³/mol. The highest BCUT2D eigenvalue weighted by atomic mass is 35.5. The molecule has 0 unspecified atom stereocenters. The number of unbranched alkanes of at least 4 members (excludes halogenated alkanes) is 1. The van der Waals surface area contributed by atoms with Gasteiger partial charge in [-0.25, -0.2) is 0 Å². The maximum Gasteiger partial charge on any atom is 0.243 e. The minimum absolute atomic E-state index is 0.112. The smallest absolute Gasteiger partial charge is 0.243 e. The van der Waals surface area contributed by atoms with E-state index in [-0.39, 0.29) is 18.2 Å². The number of hydrogen-bond acceptors (Lipinski definition) is 2. The van der Waals surface area contributed by atoms with E-state index in [1.807, 2.05) is 60.7 Å². The van der Waals surface area contributed by atoms with E-state index < -0.39 is 6.04 Å². The van der Waals surface area contributed by atoms with Crippen LogP contribution in [0.4, 0.5) is 0 Å². The molecule has 0 aliphatic heterocycles. The maximum atomic E-state index is 13.7. The Morgan fingerprint density at radius 1 is 0.882 bits per heavy atom. The number of carbonyl (C=O) groups excluding carboxylic acids is 2. The Bertz CT molecular complexity index is 1070. The highest BCUT2D eigenvalue weighted by Gasteiger charge is 2.30. The van der Waals surface area contributed by atoms with Gasteiger partial charge in [0.15, 0.2) is 0 Å². The lowest BCUT2D eigenvalue weighted by Gasteiger charge is -2.32. The molecule has 3 aromatic carbocycles. The fourth-order valence-corrected chi connectivity index (χ4v) is 4.08. The number of rotatable bonds is 11. The Hall–Kier alpha value is -2.82. The van der Waals surface area contributed by atoms with Crippen molar-refractivity contribution < 1.29 is 9.59 Å². The van der Waals surface area contributed by atoms with Crippen molar-refractivity contribution in [2.24, 2.45) is 0 Å². The average molecular weight is 497 g/mol. The molecule has 0 heterocycles. The first-order chi connectivity index (χ1) is 16.5. The Morgan fingerprint density at radius 2 is 1.56 bits per heavy atom. The lowest BCUT2D eigenvalue weighted by atomic mass is 10.0. The SMILES string of the molecule is CCCCNC(=O)[C@H](Cc1ccccc1)N(Cc1ccc(Cl)cc1)C(=O)Cc1ccccc1Cl. The molecule has 0 aliphatic carbocycles. The van der Waals surface area contributed by atoms with Gasteiger partial charge in [0.25, 0.3) is 0 Å². The van der Waals surface area contributed by atoms with E-state index in [0.29, 0.717) is 29.6 Å². The number of carbonyl (C=O) groups is 2. The molecule has 0 aromatic heterocycles. The summed E-state index contributed by atoms with van der Waals surface area (Å²) in [6, 6.07) is 23.8. The number of hydrogen-bond donors (Lipinski definition) is 1. The zero-order valence-electron chi connectivity index (χ0n) is 19.3. The molecule has 178 valence electrons. The molecule has 3 aromatic rings. The van der Waals surface area contributed by atoms with Crippen LogP contribution in [0.15, 0.2) is 78.9 Å². The van der Waals surface area contributed by atoms with E-state index in [0.717, 1.165) is 29.5 Å². The molecule has 0 spiro atoms. The van der Waals surface area contributed by atoms with Gasteiger partial charge in [-0.3, -0.25) is 9.59 Å². The second kappa shape index (κ2) is 13.2. The summed E-state index contributed by atoms with van der Waals surface area (Å²) in [6.07, 6.45) is 2.39. The summed E-state index contributed by atoms with van der Waals surface area (Å²) < 4.78 is 0. The molecule has 0 saturated heterocycles. The molecule has 0 saturated carbocycles. The van der Waals surface area contributed by atoms with Gasteiger partial charge in [-0.15, -0.1) is 0 Å². The van der Waals surface area contributed by atoms with Crippen molar-refractivity contribution in [3.63, 3.8) is 0 Å². The lowest BCUT2D eigenvalue weighted by Crippen LogP contribution is -2.51. The number of amides is 2. The van der Waals surface area contributed by atoms with Crippen molar-refractivity contribution in [3.05, 3.63) is 106 Å². The van der Waals surface area contributed by atoms with E-state index in [2.05, 4.69) is 12.2 Å². The quantitative estimate of drug-likeness (QED) is 0.326. The summed E-state index contributed by atoms with van der Waals surface area (Å²) in [7, 11) is 0. The van der Waals surface area contributed by atoms with Crippen molar-refractivity contribution in [1.29, 1.82) is 0 Å². The average Bonchev–Trinajstić information content (AvgIpc) is 2.84. The van der Waals surface area contributed by atoms with Crippen LogP contribution in [0, 0.1) is 0 Å². The van der Waals surface area contributed by atoms with Crippen LogP contribution in [0.1, 0.15) is 36.5 Å². The van der Waals surface area contributed by atoms with E-state index >= 15 is 0 Å². The van der Waals surface area contributed by atoms with Crippen molar-refractivity contribution in [1.82, 2.24) is 10.2 Å². The first kappa shape index (κ1) is 25.8. The van der Waals surface area contributed by atoms with Crippen molar-refractivity contribution >= 4 is 35.0 Å². The highest BCUT2D eigenvalue weighted by Crippen LogP contribution is 2.21. The molecule has 0 fully saturated rings. The van der Waals surface area contributed by atoms with Gasteiger partial charge < -0.3 is 10.2 Å². The van der Waals surface area contributed by atoms with Gasteiger partial charge >= 0.3 is 0 Å². The van der Waals surface area contributed by atoms with Crippen LogP contribution in [-0.4, -0.2) is 29.3 Å². The van der Waals surface area contributed by atoms with Crippen LogP contribution in [0.3, 0.4) is 0 Å². The topological polar surface area (TPSA) is 49.4 Å². The highest BCUT2D eigenvalue weighted by molar-refractivity contribution is 6.31. The Labute approximate surface area is 211 Å². The van der Waals surface area contributed by atoms with Crippen molar-refractivity contribution in [3.8, 4) is 0 Å². The molecule has 6 heteroatoms. The van der Waals surface area contributed by atoms with Crippen LogP contribution in [0.5, 0.6) is 0 Å². The third-order valence-corrected chi connectivity index (χ3v) is 6.29. The van der Waals surface area contributed by atoms with E-state index in [4.69, 9.17) is 23.2 Å². The van der Waals surface area contributed by atoms with Crippen molar-refractivity contribution in [2.75, 3.05) is 6.54 Å². The van der Waals surface area contributed by atoms with Crippen LogP contribution in [0.2, 0.25) is 10.0 Å². The molecule has 3 rings (SSSR count). The van der Waals surface area contributed by atoms with E-state index in [9.17, 15) is 9.59 Å². The van der Waals surface area contributed by atoms with E-state index in [1.165, 1.54) is 0 Å². The van der Waals surface area contributed by atoms with Gasteiger partial charge in [0.05, 0.1) is 6.42 Å². The van der Waals surface area contributed by atoms with Crippen LogP contribution < -0.4 is 5.32 Å².